The van der Waals surface area contributed by atoms with E-state index in [0.29, 0.717) is 22.6 Å². The zero-order valence-corrected chi connectivity index (χ0v) is 21.5. The van der Waals surface area contributed by atoms with Gasteiger partial charge < -0.3 is 10.0 Å². The van der Waals surface area contributed by atoms with Gasteiger partial charge in [0.2, 0.25) is 15.7 Å². The maximum absolute atomic E-state index is 14.3. The Labute approximate surface area is 229 Å². The van der Waals surface area contributed by atoms with Crippen LogP contribution in [0.25, 0.3) is 0 Å². The van der Waals surface area contributed by atoms with E-state index in [9.17, 15) is 46.8 Å². The molecule has 11 nitrogen and oxygen atoms in total. The number of benzene rings is 3. The van der Waals surface area contributed by atoms with E-state index in [1.54, 1.807) is 18.2 Å². The number of nitro benzene ring substituents is 1. The maximum Gasteiger partial charge on any atom is 0.305 e. The molecule has 1 saturated heterocycles. The van der Waals surface area contributed by atoms with E-state index in [1.807, 2.05) is 0 Å². The van der Waals surface area contributed by atoms with Crippen molar-refractivity contribution in [2.45, 2.75) is 23.1 Å². The first-order chi connectivity index (χ1) is 18.8. The number of carboxylic acid groups (broad SMARTS) is 1. The number of carbonyl (C=O) groups excluding carboxylic acids is 2. The summed E-state index contributed by atoms with van der Waals surface area (Å²) in [7, 11) is -5.19. The summed E-state index contributed by atoms with van der Waals surface area (Å²) < 4.78 is 56.5. The number of hydrogen-bond donors (Lipinski definition) is 1. The standard InChI is InChI=1S/C25H16ClF2N3O8S/c26-14-3-1-2-13(8-14)12-29-20-7-5-16(31(36)37)9-17(20)25(24(29)35)30(15-4-6-18(27)19(28)10-15)23(34)21(11-22(32)33)40(25,38)39/h1-10,21H,11-12H2,(H,32,33). The van der Waals surface area contributed by atoms with Crippen LogP contribution in [-0.4, -0.2) is 41.5 Å². The number of nitro groups is 1. The van der Waals surface area contributed by atoms with E-state index in [-0.39, 0.29) is 17.3 Å². The van der Waals surface area contributed by atoms with Crippen LogP contribution < -0.4 is 9.80 Å². The van der Waals surface area contributed by atoms with Crippen LogP contribution in [0.3, 0.4) is 0 Å². The number of hydrogen-bond acceptors (Lipinski definition) is 7. The Balaban J connectivity index is 1.84. The van der Waals surface area contributed by atoms with Crippen LogP contribution in [-0.2, 0) is 35.6 Å². The summed E-state index contributed by atoms with van der Waals surface area (Å²) in [5, 5.41) is 19.0. The van der Waals surface area contributed by atoms with Crippen molar-refractivity contribution in [1.82, 2.24) is 0 Å². The van der Waals surface area contributed by atoms with Crippen LogP contribution >= 0.6 is 11.6 Å². The summed E-state index contributed by atoms with van der Waals surface area (Å²) in [6.07, 6.45) is -1.26. The molecule has 0 aliphatic carbocycles. The smallest absolute Gasteiger partial charge is 0.305 e. The largest absolute Gasteiger partial charge is 0.481 e. The number of carboxylic acids is 1. The van der Waals surface area contributed by atoms with Gasteiger partial charge in [-0.15, -0.1) is 0 Å². The van der Waals surface area contributed by atoms with Gasteiger partial charge in [-0.3, -0.25) is 29.4 Å². The Bertz CT molecular complexity index is 1750. The lowest BCUT2D eigenvalue weighted by molar-refractivity contribution is -0.384. The molecule has 0 bridgehead atoms. The van der Waals surface area contributed by atoms with Gasteiger partial charge in [0.1, 0.15) is 0 Å². The molecule has 5 rings (SSSR count). The highest BCUT2D eigenvalue weighted by Crippen LogP contribution is 2.56. The van der Waals surface area contributed by atoms with Gasteiger partial charge >= 0.3 is 5.97 Å². The molecule has 3 aromatic rings. The topological polar surface area (TPSA) is 155 Å². The van der Waals surface area contributed by atoms with Gasteiger partial charge in [0.05, 0.1) is 23.6 Å². The van der Waals surface area contributed by atoms with Crippen LogP contribution in [0.2, 0.25) is 5.02 Å². The second-order valence-electron chi connectivity index (χ2n) is 9.03. The monoisotopic (exact) mass is 591 g/mol. The lowest BCUT2D eigenvalue weighted by Gasteiger charge is -2.32. The van der Waals surface area contributed by atoms with Crippen molar-refractivity contribution in [3.63, 3.8) is 0 Å². The maximum atomic E-state index is 14.3. The molecule has 2 heterocycles. The molecule has 2 amide bonds. The van der Waals surface area contributed by atoms with Gasteiger partial charge in [0.25, 0.3) is 16.5 Å². The SMILES string of the molecule is O=C(O)CC1C(=O)N(c2ccc(F)c(F)c2)C2(C(=O)N(Cc3cccc(Cl)c3)c3ccc([N+](=O)[O-])cc32)S1(=O)=O. The van der Waals surface area contributed by atoms with Gasteiger partial charge in [0, 0.05) is 34.5 Å². The highest BCUT2D eigenvalue weighted by molar-refractivity contribution is 7.95. The van der Waals surface area contributed by atoms with Crippen molar-refractivity contribution in [2.24, 2.45) is 0 Å². The normalized spacial score (nSPS) is 21.2. The fourth-order valence-corrected chi connectivity index (χ4v) is 7.70. The number of nitrogens with zero attached hydrogens (tertiary/aromatic N) is 3. The van der Waals surface area contributed by atoms with E-state index in [2.05, 4.69) is 0 Å². The number of sulfone groups is 1. The average molecular weight is 592 g/mol. The molecule has 1 spiro atoms. The molecule has 206 valence electrons. The van der Waals surface area contributed by atoms with Crippen LogP contribution in [0.4, 0.5) is 25.8 Å². The number of aliphatic carboxylic acids is 1. The molecule has 15 heteroatoms. The molecule has 0 radical (unpaired) electrons. The lowest BCUT2D eigenvalue weighted by Crippen LogP contribution is -2.54. The first kappa shape index (κ1) is 27.1. The van der Waals surface area contributed by atoms with E-state index < -0.39 is 77.7 Å². The van der Waals surface area contributed by atoms with Gasteiger partial charge in [-0.05, 0) is 35.9 Å². The summed E-state index contributed by atoms with van der Waals surface area (Å²) in [4.78, 5) is 48.7. The molecule has 2 unspecified atom stereocenters. The molecule has 1 N–H and O–H groups in total. The zero-order chi connectivity index (χ0) is 29.1. The first-order valence-corrected chi connectivity index (χ1v) is 13.3. The van der Waals surface area contributed by atoms with Crippen molar-refractivity contribution in [3.05, 3.63) is 98.6 Å². The second-order valence-corrected chi connectivity index (χ2v) is 11.7. The predicted octanol–water partition coefficient (Wildman–Crippen LogP) is 3.53. The molecule has 0 saturated carbocycles. The zero-order valence-electron chi connectivity index (χ0n) is 20.0. The minimum atomic E-state index is -5.19. The summed E-state index contributed by atoms with van der Waals surface area (Å²) >= 11 is 6.06. The van der Waals surface area contributed by atoms with Gasteiger partial charge in [0.15, 0.2) is 16.9 Å². The number of rotatable bonds is 6. The number of anilines is 2. The third-order valence-electron chi connectivity index (χ3n) is 6.73. The molecule has 0 aromatic heterocycles. The number of non-ortho nitro benzene ring substituents is 1. The predicted molar refractivity (Wildman–Crippen MR) is 136 cm³/mol. The average Bonchev–Trinajstić information content (AvgIpc) is 3.22. The van der Waals surface area contributed by atoms with Gasteiger partial charge in [-0.25, -0.2) is 17.2 Å². The summed E-state index contributed by atoms with van der Waals surface area (Å²) in [5.41, 5.74) is -1.43. The molecule has 40 heavy (non-hydrogen) atoms. The molecule has 2 aliphatic rings. The third-order valence-corrected chi connectivity index (χ3v) is 9.48. The minimum absolute atomic E-state index is 0.129. The molecular weight excluding hydrogens is 576 g/mol. The summed E-state index contributed by atoms with van der Waals surface area (Å²) in [6, 6.07) is 11.1. The Morgan fingerprint density at radius 3 is 2.42 bits per heavy atom. The Kier molecular flexibility index (Phi) is 6.34. The highest BCUT2D eigenvalue weighted by atomic mass is 35.5. The molecule has 1 fully saturated rings. The van der Waals surface area contributed by atoms with Crippen LogP contribution in [0.1, 0.15) is 17.5 Å². The van der Waals surface area contributed by atoms with Crippen LogP contribution in [0, 0.1) is 21.7 Å². The Hall–Kier alpha value is -4.43. The first-order valence-electron chi connectivity index (χ1n) is 11.4. The van der Waals surface area contributed by atoms with Gasteiger partial charge in [-0.2, -0.15) is 0 Å². The number of halogens is 3. The number of fused-ring (bicyclic) bond motifs is 2. The Morgan fingerprint density at radius 1 is 1.07 bits per heavy atom. The summed E-state index contributed by atoms with van der Waals surface area (Å²) in [6.45, 7) is -0.301. The fourth-order valence-electron chi connectivity index (χ4n) is 5.07. The highest BCUT2D eigenvalue weighted by Gasteiger charge is 2.73. The van der Waals surface area contributed by atoms with Crippen LogP contribution in [0.15, 0.2) is 60.7 Å². The van der Waals surface area contributed by atoms with Crippen molar-refractivity contribution in [1.29, 1.82) is 0 Å². The molecule has 3 aromatic carbocycles. The van der Waals surface area contributed by atoms with E-state index in [0.717, 1.165) is 29.2 Å². The van der Waals surface area contributed by atoms with Crippen molar-refractivity contribution < 1.29 is 41.6 Å². The lowest BCUT2D eigenvalue weighted by atomic mass is 10.0. The van der Waals surface area contributed by atoms with Crippen molar-refractivity contribution in [2.75, 3.05) is 9.80 Å². The second kappa shape index (κ2) is 9.34. The number of carbonyl (C=O) groups is 3. The van der Waals surface area contributed by atoms with Crippen LogP contribution in [0.5, 0.6) is 0 Å². The minimum Gasteiger partial charge on any atom is -0.481 e. The van der Waals surface area contributed by atoms with Crippen molar-refractivity contribution >= 4 is 56.3 Å². The van der Waals surface area contributed by atoms with E-state index in [4.69, 9.17) is 11.6 Å². The van der Waals surface area contributed by atoms with Gasteiger partial charge in [-0.1, -0.05) is 23.7 Å². The van der Waals surface area contributed by atoms with E-state index >= 15 is 0 Å². The van der Waals surface area contributed by atoms with E-state index in [1.165, 1.54) is 6.07 Å². The van der Waals surface area contributed by atoms with Crippen molar-refractivity contribution in [3.8, 4) is 0 Å². The third kappa shape index (κ3) is 3.82. The molecule has 2 atom stereocenters. The number of amides is 2. The molecule has 2 aliphatic heterocycles. The Morgan fingerprint density at radius 2 is 1.80 bits per heavy atom. The quantitative estimate of drug-likeness (QED) is 0.337. The molecular formula is C25H16ClF2N3O8S. The summed E-state index contributed by atoms with van der Waals surface area (Å²) in [5.74, 6) is -7.19. The fraction of sp³-hybridized carbons (Fsp3) is 0.160.